The van der Waals surface area contributed by atoms with Crippen molar-refractivity contribution in [2.75, 3.05) is 7.11 Å². The van der Waals surface area contributed by atoms with Crippen LogP contribution in [0.15, 0.2) is 11.1 Å². The third-order valence-corrected chi connectivity index (χ3v) is 13.0. The fraction of sp³-hybridized carbons (Fsp3) is 0.935. The molecule has 8 atom stereocenters. The van der Waals surface area contributed by atoms with Gasteiger partial charge in [-0.2, -0.15) is 0 Å². The van der Waals surface area contributed by atoms with Gasteiger partial charge in [-0.1, -0.05) is 59.6 Å². The Kier molecular flexibility index (Phi) is 5.60. The number of aliphatic hydroxyl groups excluding tert-OH is 1. The molecule has 0 saturated heterocycles. The number of fused-ring (bicyclic) bond motifs is 5. The first-order valence-electron chi connectivity index (χ1n) is 14.2. The molecule has 2 nitrogen and oxygen atoms in total. The minimum absolute atomic E-state index is 0.0358. The average Bonchev–Trinajstić information content (AvgIpc) is 2.88. The molecule has 0 amide bonds. The Hall–Kier alpha value is -0.340. The summed E-state index contributed by atoms with van der Waals surface area (Å²) >= 11 is 0. The molecule has 3 fully saturated rings. The second kappa shape index (κ2) is 7.58. The van der Waals surface area contributed by atoms with Crippen molar-refractivity contribution in [2.45, 2.75) is 131 Å². The van der Waals surface area contributed by atoms with Gasteiger partial charge in [-0.05, 0) is 115 Å². The number of ether oxygens (including phenoxy) is 1. The van der Waals surface area contributed by atoms with Crippen LogP contribution in [0.25, 0.3) is 0 Å². The monoisotopic (exact) mass is 456 g/mol. The Balaban J connectivity index is 1.49. The van der Waals surface area contributed by atoms with E-state index in [9.17, 15) is 5.11 Å². The molecule has 0 unspecified atom stereocenters. The number of rotatable bonds is 1. The van der Waals surface area contributed by atoms with Crippen LogP contribution >= 0.6 is 0 Å². The van der Waals surface area contributed by atoms with Crippen molar-refractivity contribution in [3.63, 3.8) is 0 Å². The van der Waals surface area contributed by atoms with E-state index in [0.29, 0.717) is 28.3 Å². The molecule has 5 aliphatic rings. The van der Waals surface area contributed by atoms with E-state index in [1.807, 2.05) is 18.3 Å². The minimum Gasteiger partial charge on any atom is -0.393 e. The van der Waals surface area contributed by atoms with Crippen LogP contribution in [-0.4, -0.2) is 24.4 Å². The summed E-state index contributed by atoms with van der Waals surface area (Å²) in [6.07, 6.45) is 14.3. The van der Waals surface area contributed by atoms with Crippen molar-refractivity contribution in [3.05, 3.63) is 11.1 Å². The molecule has 0 radical (unpaired) electrons. The highest BCUT2D eigenvalue weighted by Crippen LogP contribution is 2.70. The highest BCUT2D eigenvalue weighted by Gasteiger charge is 2.62. The summed E-state index contributed by atoms with van der Waals surface area (Å²) in [4.78, 5) is 0. The summed E-state index contributed by atoms with van der Waals surface area (Å²) in [5.41, 5.74) is 5.18. The molecule has 0 aromatic heterocycles. The van der Waals surface area contributed by atoms with Crippen LogP contribution in [-0.2, 0) is 4.74 Å². The number of hydrogen-bond acceptors (Lipinski definition) is 2. The molecule has 5 aliphatic carbocycles. The lowest BCUT2D eigenvalue weighted by molar-refractivity contribution is -0.178. The molecular formula is C31H52O2. The van der Waals surface area contributed by atoms with Gasteiger partial charge in [-0.25, -0.2) is 0 Å². The van der Waals surface area contributed by atoms with E-state index in [1.165, 1.54) is 64.2 Å². The molecule has 1 N–H and O–H groups in total. The van der Waals surface area contributed by atoms with Crippen LogP contribution in [0.5, 0.6) is 0 Å². The maximum Gasteiger partial charge on any atom is 0.0625 e. The molecule has 0 bridgehead atoms. The Bertz CT molecular complexity index is 823. The van der Waals surface area contributed by atoms with Crippen LogP contribution in [0.4, 0.5) is 0 Å². The maximum absolute atomic E-state index is 10.9. The van der Waals surface area contributed by atoms with E-state index in [-0.39, 0.29) is 16.9 Å². The van der Waals surface area contributed by atoms with Gasteiger partial charge < -0.3 is 9.84 Å². The average molecular weight is 457 g/mol. The topological polar surface area (TPSA) is 29.5 Å². The van der Waals surface area contributed by atoms with Gasteiger partial charge in [0, 0.05) is 7.11 Å². The van der Waals surface area contributed by atoms with Crippen LogP contribution in [0.3, 0.4) is 0 Å². The van der Waals surface area contributed by atoms with E-state index >= 15 is 0 Å². The van der Waals surface area contributed by atoms with E-state index in [1.54, 1.807) is 0 Å². The molecule has 0 aliphatic heterocycles. The molecular weight excluding hydrogens is 404 g/mol. The molecule has 188 valence electrons. The summed E-state index contributed by atoms with van der Waals surface area (Å²) in [5.74, 6) is 2.21. The first-order valence-corrected chi connectivity index (χ1v) is 14.2. The van der Waals surface area contributed by atoms with Crippen LogP contribution in [0.1, 0.15) is 119 Å². The summed E-state index contributed by atoms with van der Waals surface area (Å²) < 4.78 is 6.04. The first-order chi connectivity index (χ1) is 15.3. The smallest absolute Gasteiger partial charge is 0.0625 e. The Morgan fingerprint density at radius 3 is 2.12 bits per heavy atom. The van der Waals surface area contributed by atoms with Gasteiger partial charge in [0.25, 0.3) is 0 Å². The van der Waals surface area contributed by atoms with Gasteiger partial charge in [0.1, 0.15) is 0 Å². The summed E-state index contributed by atoms with van der Waals surface area (Å²) in [7, 11) is 1.94. The molecule has 3 saturated carbocycles. The van der Waals surface area contributed by atoms with Crippen molar-refractivity contribution >= 4 is 0 Å². The maximum atomic E-state index is 10.9. The van der Waals surface area contributed by atoms with Crippen molar-refractivity contribution < 1.29 is 9.84 Å². The van der Waals surface area contributed by atoms with Gasteiger partial charge in [0.05, 0.1) is 12.2 Å². The molecule has 0 aromatic carbocycles. The first kappa shape index (κ1) is 24.4. The molecule has 0 spiro atoms. The Labute approximate surface area is 204 Å². The fourth-order valence-corrected chi connectivity index (χ4v) is 11.3. The molecule has 33 heavy (non-hydrogen) atoms. The largest absolute Gasteiger partial charge is 0.393 e. The van der Waals surface area contributed by atoms with Gasteiger partial charge in [-0.15, -0.1) is 0 Å². The summed E-state index contributed by atoms with van der Waals surface area (Å²) in [6, 6.07) is 0. The van der Waals surface area contributed by atoms with Gasteiger partial charge >= 0.3 is 0 Å². The predicted octanol–water partition coefficient (Wildman–Crippen LogP) is 7.94. The van der Waals surface area contributed by atoms with Crippen molar-refractivity contribution in [1.29, 1.82) is 0 Å². The van der Waals surface area contributed by atoms with Crippen LogP contribution in [0.2, 0.25) is 0 Å². The van der Waals surface area contributed by atoms with Crippen LogP contribution < -0.4 is 0 Å². The highest BCUT2D eigenvalue weighted by atomic mass is 16.5. The normalized spacial score (nSPS) is 51.0. The van der Waals surface area contributed by atoms with Gasteiger partial charge in [-0.3, -0.25) is 0 Å². The zero-order chi connectivity index (χ0) is 24.0. The van der Waals surface area contributed by atoms with Crippen LogP contribution in [0, 0.1) is 44.8 Å². The van der Waals surface area contributed by atoms with E-state index < -0.39 is 0 Å². The third kappa shape index (κ3) is 3.24. The predicted molar refractivity (Wildman–Crippen MR) is 137 cm³/mol. The molecule has 2 heteroatoms. The molecule has 0 aromatic rings. The lowest BCUT2D eigenvalue weighted by atomic mass is 9.42. The summed E-state index contributed by atoms with van der Waals surface area (Å²) in [5, 5.41) is 10.9. The number of hydrogen-bond donors (Lipinski definition) is 1. The number of methoxy groups -OCH3 is 1. The quantitative estimate of drug-likeness (QED) is 0.406. The Morgan fingerprint density at radius 2 is 1.42 bits per heavy atom. The highest BCUT2D eigenvalue weighted by molar-refractivity contribution is 5.32. The molecule has 5 rings (SSSR count). The SMILES string of the molecule is CO[C@@H]1CC[C@@]2(C)[C@@H](CC[C@@]3(C)CC4=C(CC[C@@H]32)[C@@]2(C)CC[C@@H](O)C(C)(C)[C@@H]2CC4)C1(C)C. The van der Waals surface area contributed by atoms with E-state index in [0.717, 1.165) is 18.3 Å². The molecule has 0 heterocycles. The summed E-state index contributed by atoms with van der Waals surface area (Å²) in [6.45, 7) is 17.7. The lowest BCUT2D eigenvalue weighted by Gasteiger charge is -2.64. The zero-order valence-corrected chi connectivity index (χ0v) is 23.0. The second-order valence-corrected chi connectivity index (χ2v) is 15.1. The second-order valence-electron chi connectivity index (χ2n) is 15.1. The van der Waals surface area contributed by atoms with Crippen molar-refractivity contribution in [1.82, 2.24) is 0 Å². The van der Waals surface area contributed by atoms with E-state index in [4.69, 9.17) is 4.74 Å². The minimum atomic E-state index is -0.138. The van der Waals surface area contributed by atoms with E-state index in [2.05, 4.69) is 48.5 Å². The lowest BCUT2D eigenvalue weighted by Crippen LogP contribution is -2.58. The zero-order valence-electron chi connectivity index (χ0n) is 23.0. The van der Waals surface area contributed by atoms with Gasteiger partial charge in [0.2, 0.25) is 0 Å². The van der Waals surface area contributed by atoms with Gasteiger partial charge in [0.15, 0.2) is 0 Å². The van der Waals surface area contributed by atoms with Crippen molar-refractivity contribution in [3.8, 4) is 0 Å². The number of allylic oxidation sites excluding steroid dienone is 2. The Morgan fingerprint density at radius 1 is 0.727 bits per heavy atom. The number of aliphatic hydroxyl groups is 1. The van der Waals surface area contributed by atoms with Crippen molar-refractivity contribution in [2.24, 2.45) is 44.8 Å². The standard InChI is InChI=1S/C31H52O2/c1-27(2)22-11-9-20-19-29(5)16-13-23-28(3,4)26(33-8)15-18-31(23,7)24(29)12-10-21(20)30(22,6)17-14-25(27)32/h22-26,32H,9-19H2,1-8H3/t22-,23-,24-,25+,26+,29-,30+,31-/m0/s1. The third-order valence-electron chi connectivity index (χ3n) is 13.0. The fourth-order valence-electron chi connectivity index (χ4n) is 11.3.